The van der Waals surface area contributed by atoms with Crippen LogP contribution in [0, 0.1) is 6.92 Å². The minimum atomic E-state index is -1.32. The lowest BCUT2D eigenvalue weighted by molar-refractivity contribution is -0.136. The van der Waals surface area contributed by atoms with E-state index in [1.54, 1.807) is 37.3 Å². The number of ether oxygens (including phenoxy) is 1. The molecule has 2 aromatic carbocycles. The summed E-state index contributed by atoms with van der Waals surface area (Å²) in [4.78, 5) is 38.1. The molecule has 1 atom stereocenters. The van der Waals surface area contributed by atoms with Gasteiger partial charge in [-0.25, -0.2) is 4.79 Å². The Kier molecular flexibility index (Phi) is 8.09. The SMILES string of the molecule is CC[S@](=O)c1ccccc1C(=O)OCC(=O)N(C)CC(=O)Nc1ccc(C)cc1. The molecule has 0 saturated heterocycles. The topological polar surface area (TPSA) is 92.8 Å². The molecule has 0 fully saturated rings. The van der Waals surface area contributed by atoms with Crippen LogP contribution in [-0.4, -0.2) is 52.8 Å². The van der Waals surface area contributed by atoms with Gasteiger partial charge in [-0.1, -0.05) is 36.8 Å². The van der Waals surface area contributed by atoms with Gasteiger partial charge < -0.3 is 15.0 Å². The quantitative estimate of drug-likeness (QED) is 0.667. The first-order valence-electron chi connectivity index (χ1n) is 9.06. The van der Waals surface area contributed by atoms with Crippen LogP contribution in [0.2, 0.25) is 0 Å². The lowest BCUT2D eigenvalue weighted by Gasteiger charge is -2.17. The van der Waals surface area contributed by atoms with Gasteiger partial charge >= 0.3 is 5.97 Å². The highest BCUT2D eigenvalue weighted by Crippen LogP contribution is 2.15. The van der Waals surface area contributed by atoms with Crippen molar-refractivity contribution in [3.63, 3.8) is 0 Å². The highest BCUT2D eigenvalue weighted by atomic mass is 32.2. The van der Waals surface area contributed by atoms with Crippen LogP contribution in [0.5, 0.6) is 0 Å². The smallest absolute Gasteiger partial charge is 0.339 e. The number of carbonyl (C=O) groups excluding carboxylic acids is 3. The minimum Gasteiger partial charge on any atom is -0.452 e. The van der Waals surface area contributed by atoms with E-state index in [4.69, 9.17) is 4.74 Å². The summed E-state index contributed by atoms with van der Waals surface area (Å²) in [7, 11) is 0.126. The molecule has 0 heterocycles. The van der Waals surface area contributed by atoms with Crippen molar-refractivity contribution in [2.75, 3.05) is 31.3 Å². The number of hydrogen-bond donors (Lipinski definition) is 1. The van der Waals surface area contributed by atoms with Crippen LogP contribution >= 0.6 is 0 Å². The van der Waals surface area contributed by atoms with E-state index in [0.717, 1.165) is 5.56 Å². The van der Waals surface area contributed by atoms with E-state index in [-0.39, 0.29) is 18.0 Å². The summed E-state index contributed by atoms with van der Waals surface area (Å²) in [5.41, 5.74) is 1.87. The average molecular weight is 416 g/mol. The molecule has 2 aromatic rings. The lowest BCUT2D eigenvalue weighted by atomic mass is 10.2. The molecule has 0 spiro atoms. The summed E-state index contributed by atoms with van der Waals surface area (Å²) < 4.78 is 17.1. The van der Waals surface area contributed by atoms with Crippen LogP contribution in [0.1, 0.15) is 22.8 Å². The normalized spacial score (nSPS) is 11.4. The molecule has 8 heteroatoms. The second-order valence-electron chi connectivity index (χ2n) is 6.37. The standard InChI is InChI=1S/C21H24N2O5S/c1-4-29(27)18-8-6-5-7-17(18)21(26)28-14-20(25)23(3)13-19(24)22-16-11-9-15(2)10-12-16/h5-12H,4,13-14H2,1-3H3,(H,22,24)/t29-/m0/s1. The number of nitrogens with zero attached hydrogens (tertiary/aromatic N) is 1. The number of carbonyl (C=O) groups is 3. The summed E-state index contributed by atoms with van der Waals surface area (Å²) in [5.74, 6) is -1.25. The number of rotatable bonds is 8. The first-order valence-corrected chi connectivity index (χ1v) is 10.4. The van der Waals surface area contributed by atoms with Gasteiger partial charge in [-0.2, -0.15) is 0 Å². The average Bonchev–Trinajstić information content (AvgIpc) is 2.72. The molecule has 154 valence electrons. The van der Waals surface area contributed by atoms with E-state index in [1.165, 1.54) is 18.0 Å². The summed E-state index contributed by atoms with van der Waals surface area (Å²) in [6.45, 7) is 3.00. The largest absolute Gasteiger partial charge is 0.452 e. The van der Waals surface area contributed by atoms with Crippen LogP contribution in [0.15, 0.2) is 53.4 Å². The molecule has 7 nitrogen and oxygen atoms in total. The van der Waals surface area contributed by atoms with Crippen LogP contribution in [0.4, 0.5) is 5.69 Å². The Balaban J connectivity index is 1.88. The van der Waals surface area contributed by atoms with Gasteiger partial charge in [0.2, 0.25) is 5.91 Å². The van der Waals surface area contributed by atoms with Gasteiger partial charge in [0.1, 0.15) is 0 Å². The summed E-state index contributed by atoms with van der Waals surface area (Å²) in [6.07, 6.45) is 0. The number of nitrogens with one attached hydrogen (secondary N) is 1. The Morgan fingerprint density at radius 3 is 2.38 bits per heavy atom. The molecule has 0 unspecified atom stereocenters. The highest BCUT2D eigenvalue weighted by Gasteiger charge is 2.19. The molecule has 0 aromatic heterocycles. The summed E-state index contributed by atoms with van der Waals surface area (Å²) in [6, 6.07) is 13.7. The van der Waals surface area contributed by atoms with Gasteiger partial charge in [-0.15, -0.1) is 0 Å². The molecule has 2 amide bonds. The zero-order valence-corrected chi connectivity index (χ0v) is 17.5. The number of likely N-dealkylation sites (N-methyl/N-ethyl adjacent to an activating group) is 1. The van der Waals surface area contributed by atoms with Crippen molar-refractivity contribution in [3.8, 4) is 0 Å². The van der Waals surface area contributed by atoms with Gasteiger partial charge in [0.25, 0.3) is 5.91 Å². The molecular weight excluding hydrogens is 392 g/mol. The van der Waals surface area contributed by atoms with Gasteiger partial charge in [0.15, 0.2) is 6.61 Å². The third-order valence-corrected chi connectivity index (χ3v) is 5.45. The maximum absolute atomic E-state index is 12.3. The molecule has 0 saturated carbocycles. The first-order chi connectivity index (χ1) is 13.8. The summed E-state index contributed by atoms with van der Waals surface area (Å²) >= 11 is 0. The predicted molar refractivity (Wildman–Crippen MR) is 111 cm³/mol. The van der Waals surface area contributed by atoms with Crippen molar-refractivity contribution in [2.24, 2.45) is 0 Å². The fourth-order valence-corrected chi connectivity index (χ4v) is 3.38. The Bertz CT molecular complexity index is 912. The number of esters is 1. The van der Waals surface area contributed by atoms with Gasteiger partial charge in [-0.3, -0.25) is 13.8 Å². The van der Waals surface area contributed by atoms with Crippen molar-refractivity contribution < 1.29 is 23.3 Å². The van der Waals surface area contributed by atoms with E-state index in [0.29, 0.717) is 16.3 Å². The molecule has 0 aliphatic carbocycles. The van der Waals surface area contributed by atoms with E-state index in [9.17, 15) is 18.6 Å². The Morgan fingerprint density at radius 1 is 1.07 bits per heavy atom. The third kappa shape index (κ3) is 6.53. The van der Waals surface area contributed by atoms with E-state index in [1.807, 2.05) is 19.1 Å². The second kappa shape index (κ2) is 10.5. The first kappa shape index (κ1) is 22.3. The van der Waals surface area contributed by atoms with E-state index in [2.05, 4.69) is 5.32 Å². The molecule has 2 rings (SSSR count). The van der Waals surface area contributed by atoms with Crippen molar-refractivity contribution in [2.45, 2.75) is 18.7 Å². The molecular formula is C21H24N2O5S. The maximum atomic E-state index is 12.3. The fraction of sp³-hybridized carbons (Fsp3) is 0.286. The van der Waals surface area contributed by atoms with Crippen molar-refractivity contribution >= 4 is 34.3 Å². The maximum Gasteiger partial charge on any atom is 0.339 e. The van der Waals surface area contributed by atoms with Crippen molar-refractivity contribution in [1.29, 1.82) is 0 Å². The third-order valence-electron chi connectivity index (χ3n) is 4.08. The predicted octanol–water partition coefficient (Wildman–Crippen LogP) is 2.38. The number of hydrogen-bond acceptors (Lipinski definition) is 5. The second-order valence-corrected chi connectivity index (χ2v) is 8.08. The molecule has 0 radical (unpaired) electrons. The zero-order valence-electron chi connectivity index (χ0n) is 16.6. The highest BCUT2D eigenvalue weighted by molar-refractivity contribution is 7.85. The molecule has 0 bridgehead atoms. The van der Waals surface area contributed by atoms with Crippen LogP contribution in [0.3, 0.4) is 0 Å². The fourth-order valence-electron chi connectivity index (χ4n) is 2.45. The number of amides is 2. The van der Waals surface area contributed by atoms with Gasteiger partial charge in [-0.05, 0) is 31.2 Å². The van der Waals surface area contributed by atoms with Gasteiger partial charge in [0, 0.05) is 18.5 Å². The number of aryl methyl sites for hydroxylation is 1. The molecule has 29 heavy (non-hydrogen) atoms. The number of benzene rings is 2. The Hall–Kier alpha value is -3.00. The zero-order chi connectivity index (χ0) is 21.4. The van der Waals surface area contributed by atoms with Crippen molar-refractivity contribution in [1.82, 2.24) is 4.90 Å². The molecule has 1 N–H and O–H groups in total. The van der Waals surface area contributed by atoms with E-state index < -0.39 is 29.3 Å². The minimum absolute atomic E-state index is 0.167. The summed E-state index contributed by atoms with van der Waals surface area (Å²) in [5, 5.41) is 2.70. The van der Waals surface area contributed by atoms with Crippen molar-refractivity contribution in [3.05, 3.63) is 59.7 Å². The monoisotopic (exact) mass is 416 g/mol. The van der Waals surface area contributed by atoms with Gasteiger partial charge in [0.05, 0.1) is 27.8 Å². The molecule has 0 aliphatic rings. The van der Waals surface area contributed by atoms with E-state index >= 15 is 0 Å². The Labute approximate surface area is 172 Å². The Morgan fingerprint density at radius 2 is 1.72 bits per heavy atom. The molecule has 0 aliphatic heterocycles. The lowest BCUT2D eigenvalue weighted by Crippen LogP contribution is -2.37. The van der Waals surface area contributed by atoms with Crippen LogP contribution in [0.25, 0.3) is 0 Å². The van der Waals surface area contributed by atoms with Crippen LogP contribution < -0.4 is 5.32 Å². The van der Waals surface area contributed by atoms with Crippen LogP contribution in [-0.2, 0) is 25.1 Å². The number of anilines is 1.